The van der Waals surface area contributed by atoms with Gasteiger partial charge in [-0.3, -0.25) is 4.72 Å². The van der Waals surface area contributed by atoms with Crippen molar-refractivity contribution in [3.05, 3.63) is 40.5 Å². The zero-order valence-electron chi connectivity index (χ0n) is 12.3. The van der Waals surface area contributed by atoms with Crippen LogP contribution in [0.5, 0.6) is 11.5 Å². The van der Waals surface area contributed by atoms with Crippen molar-refractivity contribution in [3.8, 4) is 11.5 Å². The number of sulfonamides is 1. The molecule has 0 unspecified atom stereocenters. The second kappa shape index (κ2) is 6.53. The monoisotopic (exact) mass is 386 g/mol. The van der Waals surface area contributed by atoms with Gasteiger partial charge in [0.25, 0.3) is 10.0 Å². The minimum Gasteiger partial charge on any atom is -0.497 e. The Balaban J connectivity index is 2.43. The van der Waals surface area contributed by atoms with Crippen molar-refractivity contribution in [2.75, 3.05) is 18.9 Å². The van der Waals surface area contributed by atoms with Gasteiger partial charge in [0.05, 0.1) is 19.9 Å². The van der Waals surface area contributed by atoms with Gasteiger partial charge in [-0.1, -0.05) is 0 Å². The van der Waals surface area contributed by atoms with E-state index in [-0.39, 0.29) is 16.5 Å². The summed E-state index contributed by atoms with van der Waals surface area (Å²) in [6.07, 6.45) is 0. The lowest BCUT2D eigenvalue weighted by atomic mass is 10.3. The Morgan fingerprint density at radius 1 is 1.14 bits per heavy atom. The van der Waals surface area contributed by atoms with Crippen molar-refractivity contribution in [1.29, 1.82) is 0 Å². The molecule has 2 rings (SSSR count). The Labute approximate surface area is 137 Å². The quantitative estimate of drug-likeness (QED) is 0.854. The number of nitrogens with one attached hydrogen (secondary N) is 1. The number of hydrogen-bond donors (Lipinski definition) is 1. The third kappa shape index (κ3) is 3.50. The molecule has 0 atom stereocenters. The number of ether oxygens (including phenoxy) is 2. The Morgan fingerprint density at radius 3 is 2.45 bits per heavy atom. The van der Waals surface area contributed by atoms with Crippen LogP contribution in [0.2, 0.25) is 0 Å². The van der Waals surface area contributed by atoms with Gasteiger partial charge < -0.3 is 9.47 Å². The molecule has 0 fully saturated rings. The van der Waals surface area contributed by atoms with E-state index < -0.39 is 10.0 Å². The Bertz CT molecular complexity index is 793. The molecule has 0 amide bonds. The number of anilines is 1. The average molecular weight is 387 g/mol. The van der Waals surface area contributed by atoms with Gasteiger partial charge in [0.15, 0.2) is 0 Å². The van der Waals surface area contributed by atoms with Gasteiger partial charge in [-0.05, 0) is 47.1 Å². The molecule has 22 heavy (non-hydrogen) atoms. The molecule has 6 nitrogen and oxygen atoms in total. The highest BCUT2D eigenvalue weighted by Crippen LogP contribution is 2.29. The summed E-state index contributed by atoms with van der Waals surface area (Å²) in [5.41, 5.74) is 0.679. The lowest BCUT2D eigenvalue weighted by molar-refractivity contribution is 0.392. The van der Waals surface area contributed by atoms with Crippen LogP contribution < -0.4 is 14.2 Å². The fourth-order valence-electron chi connectivity index (χ4n) is 1.79. The van der Waals surface area contributed by atoms with E-state index in [1.54, 1.807) is 25.1 Å². The molecule has 8 heteroatoms. The van der Waals surface area contributed by atoms with Crippen molar-refractivity contribution < 1.29 is 17.9 Å². The Hall–Kier alpha value is -1.80. The number of halogens is 1. The van der Waals surface area contributed by atoms with Crippen LogP contribution >= 0.6 is 15.9 Å². The van der Waals surface area contributed by atoms with E-state index in [0.29, 0.717) is 11.4 Å². The Morgan fingerprint density at radius 2 is 1.86 bits per heavy atom. The highest BCUT2D eigenvalue weighted by Gasteiger charge is 2.21. The molecule has 1 aromatic carbocycles. The van der Waals surface area contributed by atoms with Gasteiger partial charge in [-0.15, -0.1) is 0 Å². The molecule has 0 aliphatic heterocycles. The molecule has 0 saturated carbocycles. The lowest BCUT2D eigenvalue weighted by Crippen LogP contribution is -2.15. The summed E-state index contributed by atoms with van der Waals surface area (Å²) in [6, 6.07) is 7.85. The summed E-state index contributed by atoms with van der Waals surface area (Å²) in [4.78, 5) is 4.16. The molecule has 0 radical (unpaired) electrons. The summed E-state index contributed by atoms with van der Waals surface area (Å²) in [5.74, 6) is 0.869. The molecule has 118 valence electrons. The van der Waals surface area contributed by atoms with Crippen LogP contribution in [-0.2, 0) is 10.0 Å². The minimum absolute atomic E-state index is 0.0169. The van der Waals surface area contributed by atoms with E-state index in [1.165, 1.54) is 26.4 Å². The number of aryl methyl sites for hydroxylation is 1. The first-order chi connectivity index (χ1) is 10.4. The summed E-state index contributed by atoms with van der Waals surface area (Å²) < 4.78 is 38.5. The summed E-state index contributed by atoms with van der Waals surface area (Å²) in [7, 11) is -0.982. The van der Waals surface area contributed by atoms with Gasteiger partial charge in [-0.25, -0.2) is 13.4 Å². The molecule has 0 bridgehead atoms. The van der Waals surface area contributed by atoms with Gasteiger partial charge in [0.1, 0.15) is 22.2 Å². The number of aromatic nitrogens is 1. The van der Waals surface area contributed by atoms with E-state index in [0.717, 1.165) is 4.47 Å². The number of hydrogen-bond acceptors (Lipinski definition) is 5. The number of nitrogens with zero attached hydrogens (tertiary/aromatic N) is 1. The molecule has 1 heterocycles. The molecular weight excluding hydrogens is 372 g/mol. The average Bonchev–Trinajstić information content (AvgIpc) is 2.50. The van der Waals surface area contributed by atoms with Gasteiger partial charge in [-0.2, -0.15) is 0 Å². The Kier molecular flexibility index (Phi) is 4.92. The van der Waals surface area contributed by atoms with E-state index in [1.807, 2.05) is 0 Å². The topological polar surface area (TPSA) is 77.5 Å². The smallest absolute Gasteiger partial charge is 0.266 e. The lowest BCUT2D eigenvalue weighted by Gasteiger charge is -2.12. The fourth-order valence-corrected chi connectivity index (χ4v) is 3.19. The van der Waals surface area contributed by atoms with E-state index in [2.05, 4.69) is 25.6 Å². The zero-order valence-corrected chi connectivity index (χ0v) is 14.7. The van der Waals surface area contributed by atoms with Crippen LogP contribution in [0.15, 0.2) is 39.7 Å². The fraction of sp³-hybridized carbons (Fsp3) is 0.214. The second-order valence-corrected chi connectivity index (χ2v) is 6.89. The molecule has 0 aliphatic carbocycles. The third-order valence-corrected chi connectivity index (χ3v) is 5.13. The van der Waals surface area contributed by atoms with Crippen molar-refractivity contribution in [1.82, 2.24) is 4.98 Å². The van der Waals surface area contributed by atoms with Gasteiger partial charge in [0.2, 0.25) is 0 Å². The number of rotatable bonds is 5. The molecule has 0 aliphatic rings. The predicted octanol–water partition coefficient (Wildman–Crippen LogP) is 2.97. The molecule has 1 aromatic heterocycles. The van der Waals surface area contributed by atoms with E-state index >= 15 is 0 Å². The normalized spacial score (nSPS) is 11.1. The maximum absolute atomic E-state index is 12.5. The number of benzene rings is 1. The zero-order chi connectivity index (χ0) is 16.3. The highest BCUT2D eigenvalue weighted by atomic mass is 79.9. The van der Waals surface area contributed by atoms with Crippen LogP contribution in [0.25, 0.3) is 0 Å². The molecule has 2 aromatic rings. The second-order valence-electron chi connectivity index (χ2n) is 4.39. The van der Waals surface area contributed by atoms with E-state index in [4.69, 9.17) is 9.47 Å². The van der Waals surface area contributed by atoms with Crippen molar-refractivity contribution in [3.63, 3.8) is 0 Å². The van der Waals surface area contributed by atoms with Crippen LogP contribution in [-0.4, -0.2) is 27.6 Å². The van der Waals surface area contributed by atoms with Gasteiger partial charge >= 0.3 is 0 Å². The first kappa shape index (κ1) is 16.6. The SMILES string of the molecule is COc1ccc(OC)c(S(=O)(=O)Nc2ccc(Br)c(C)n2)c1. The standard InChI is InChI=1S/C14H15BrN2O4S/c1-9-11(15)5-7-14(16-9)17-22(18,19)13-8-10(20-2)4-6-12(13)21-3/h4-8H,1-3H3,(H,16,17). The van der Waals surface area contributed by atoms with E-state index in [9.17, 15) is 8.42 Å². The van der Waals surface area contributed by atoms with Crippen molar-refractivity contribution in [2.45, 2.75) is 11.8 Å². The third-order valence-electron chi connectivity index (χ3n) is 2.92. The molecule has 0 spiro atoms. The molecular formula is C14H15BrN2O4S. The van der Waals surface area contributed by atoms with Crippen molar-refractivity contribution >= 4 is 31.8 Å². The summed E-state index contributed by atoms with van der Waals surface area (Å²) in [5, 5.41) is 0. The molecule has 0 saturated heterocycles. The van der Waals surface area contributed by atoms with Crippen molar-refractivity contribution in [2.24, 2.45) is 0 Å². The van der Waals surface area contributed by atoms with Crippen LogP contribution in [0, 0.1) is 6.92 Å². The first-order valence-electron chi connectivity index (χ1n) is 6.25. The van der Waals surface area contributed by atoms with Gasteiger partial charge in [0, 0.05) is 10.5 Å². The summed E-state index contributed by atoms with van der Waals surface area (Å²) >= 11 is 3.32. The largest absolute Gasteiger partial charge is 0.497 e. The predicted molar refractivity (Wildman–Crippen MR) is 87.0 cm³/mol. The number of methoxy groups -OCH3 is 2. The maximum Gasteiger partial charge on any atom is 0.266 e. The highest BCUT2D eigenvalue weighted by molar-refractivity contribution is 9.10. The minimum atomic E-state index is -3.85. The van der Waals surface area contributed by atoms with Crippen LogP contribution in [0.1, 0.15) is 5.69 Å². The van der Waals surface area contributed by atoms with Crippen LogP contribution in [0.4, 0.5) is 5.82 Å². The van der Waals surface area contributed by atoms with Crippen LogP contribution in [0.3, 0.4) is 0 Å². The molecule has 1 N–H and O–H groups in total. The summed E-state index contributed by atoms with van der Waals surface area (Å²) in [6.45, 7) is 1.77. The maximum atomic E-state index is 12.5. The first-order valence-corrected chi connectivity index (χ1v) is 8.53. The number of pyridine rings is 1.